The number of rotatable bonds is 32. The van der Waals surface area contributed by atoms with Gasteiger partial charge in [-0.1, -0.05) is 178 Å². The van der Waals surface area contributed by atoms with Gasteiger partial charge in [0.05, 0.1) is 13.2 Å². The van der Waals surface area contributed by atoms with E-state index in [0.717, 1.165) is 39.3 Å². The fourth-order valence-corrected chi connectivity index (χ4v) is 9.76. The quantitative estimate of drug-likeness (QED) is 0.0362. The minimum Gasteiger partial charge on any atom is -0.381 e. The molecule has 4 aromatic rings. The first-order valence-corrected chi connectivity index (χ1v) is 24.6. The van der Waals surface area contributed by atoms with Crippen molar-refractivity contribution in [2.24, 2.45) is 0 Å². The van der Waals surface area contributed by atoms with Crippen LogP contribution in [0, 0.1) is 0 Å². The van der Waals surface area contributed by atoms with Crippen molar-refractivity contribution in [1.29, 1.82) is 0 Å². The largest absolute Gasteiger partial charge is 0.381 e. The summed E-state index contributed by atoms with van der Waals surface area (Å²) in [5.41, 5.74) is 8.15. The molecule has 0 aliphatic rings. The molecule has 0 amide bonds. The van der Waals surface area contributed by atoms with E-state index >= 15 is 0 Å². The van der Waals surface area contributed by atoms with E-state index in [9.17, 15) is 0 Å². The number of hydrogen-bond donors (Lipinski definition) is 0. The van der Waals surface area contributed by atoms with Crippen LogP contribution >= 0.6 is 22.7 Å². The second-order valence-electron chi connectivity index (χ2n) is 15.9. The molecule has 0 saturated heterocycles. The zero-order chi connectivity index (χ0) is 39.5. The van der Waals surface area contributed by atoms with Gasteiger partial charge in [0.1, 0.15) is 0 Å². The molecule has 0 aliphatic heterocycles. The fourth-order valence-electron chi connectivity index (χ4n) is 7.36. The van der Waals surface area contributed by atoms with Gasteiger partial charge < -0.3 is 9.47 Å². The molecule has 2 aromatic heterocycles. The fraction of sp³-hybridized carbons (Fsp3) is 0.577. The van der Waals surface area contributed by atoms with Crippen LogP contribution in [0.25, 0.3) is 33.0 Å². The first-order chi connectivity index (χ1) is 27.6. The van der Waals surface area contributed by atoms with E-state index in [1.807, 2.05) is 22.7 Å². The second kappa shape index (κ2) is 28.8. The van der Waals surface area contributed by atoms with E-state index < -0.39 is 0 Å². The van der Waals surface area contributed by atoms with Gasteiger partial charge in [-0.15, -0.1) is 22.7 Å². The van der Waals surface area contributed by atoms with Crippen molar-refractivity contribution in [1.82, 2.24) is 0 Å². The summed E-state index contributed by atoms with van der Waals surface area (Å²) in [5.74, 6) is 0. The maximum Gasteiger partial charge on any atom is 0.0514 e. The minimum atomic E-state index is 0.836. The molecule has 4 heteroatoms. The lowest BCUT2D eigenvalue weighted by Gasteiger charge is -2.06. The number of aryl methyl sites for hydroxylation is 2. The highest BCUT2D eigenvalue weighted by Gasteiger charge is 2.12. The maximum absolute atomic E-state index is 6.10. The average molecular weight is 797 g/mol. The minimum absolute atomic E-state index is 0.836. The Labute approximate surface area is 351 Å². The lowest BCUT2D eigenvalue weighted by atomic mass is 10.0. The Morgan fingerprint density at radius 1 is 0.393 bits per heavy atom. The predicted octanol–water partition coefficient (Wildman–Crippen LogP) is 16.6. The smallest absolute Gasteiger partial charge is 0.0514 e. The highest BCUT2D eigenvalue weighted by atomic mass is 32.1. The Morgan fingerprint density at radius 2 is 0.750 bits per heavy atom. The molecule has 0 atom stereocenters. The molecule has 0 fully saturated rings. The summed E-state index contributed by atoms with van der Waals surface area (Å²) in [5, 5.41) is 0. The van der Waals surface area contributed by atoms with Crippen LogP contribution in [0.1, 0.15) is 175 Å². The number of hydrogen-bond acceptors (Lipinski definition) is 4. The van der Waals surface area contributed by atoms with Gasteiger partial charge in [-0.05, 0) is 84.0 Å². The predicted molar refractivity (Wildman–Crippen MR) is 251 cm³/mol. The Kier molecular flexibility index (Phi) is 23.8. The highest BCUT2D eigenvalue weighted by molar-refractivity contribution is 7.16. The zero-order valence-corrected chi connectivity index (χ0v) is 37.6. The summed E-state index contributed by atoms with van der Waals surface area (Å²) in [4.78, 5) is 5.80. The van der Waals surface area contributed by atoms with Crippen molar-refractivity contribution in [3.63, 3.8) is 0 Å². The van der Waals surface area contributed by atoms with Crippen molar-refractivity contribution < 1.29 is 9.47 Å². The lowest BCUT2D eigenvalue weighted by molar-refractivity contribution is 0.133. The van der Waals surface area contributed by atoms with Gasteiger partial charge in [-0.3, -0.25) is 0 Å². The summed E-state index contributed by atoms with van der Waals surface area (Å²) < 4.78 is 12.2. The molecule has 0 saturated carbocycles. The van der Waals surface area contributed by atoms with Gasteiger partial charge in [-0.25, -0.2) is 0 Å². The third-order valence-electron chi connectivity index (χ3n) is 11.0. The Hall–Kier alpha value is -2.50. The molecular weight excluding hydrogens is 721 g/mol. The normalized spacial score (nSPS) is 11.7. The van der Waals surface area contributed by atoms with E-state index in [1.165, 1.54) is 181 Å². The van der Waals surface area contributed by atoms with Crippen LogP contribution in [-0.4, -0.2) is 26.4 Å². The zero-order valence-electron chi connectivity index (χ0n) is 35.9. The summed E-state index contributed by atoms with van der Waals surface area (Å²) in [6.45, 7) is 12.6. The molecule has 0 radical (unpaired) electrons. The van der Waals surface area contributed by atoms with Gasteiger partial charge >= 0.3 is 0 Å². The third kappa shape index (κ3) is 17.6. The van der Waals surface area contributed by atoms with Crippen molar-refractivity contribution in [3.05, 3.63) is 92.7 Å². The second-order valence-corrected chi connectivity index (χ2v) is 18.1. The van der Waals surface area contributed by atoms with Gasteiger partial charge in [0.25, 0.3) is 0 Å². The van der Waals surface area contributed by atoms with Crippen molar-refractivity contribution in [3.8, 4) is 20.9 Å². The van der Waals surface area contributed by atoms with Crippen LogP contribution in [0.5, 0.6) is 0 Å². The molecule has 0 spiro atoms. The summed E-state index contributed by atoms with van der Waals surface area (Å²) in [6.07, 6.45) is 32.5. The van der Waals surface area contributed by atoms with Crippen LogP contribution in [0.4, 0.5) is 0 Å². The molecule has 0 bridgehead atoms. The molecule has 4 rings (SSSR count). The van der Waals surface area contributed by atoms with Crippen LogP contribution in [0.2, 0.25) is 0 Å². The van der Waals surface area contributed by atoms with E-state index in [2.05, 4.69) is 101 Å². The van der Waals surface area contributed by atoms with Crippen molar-refractivity contribution >= 4 is 34.8 Å². The Bertz CT molecular complexity index is 1470. The molecule has 0 N–H and O–H groups in total. The molecule has 0 unspecified atom stereocenters. The highest BCUT2D eigenvalue weighted by Crippen LogP contribution is 2.35. The number of benzene rings is 2. The van der Waals surface area contributed by atoms with Crippen molar-refractivity contribution in [2.45, 2.75) is 169 Å². The molecule has 2 aromatic carbocycles. The van der Waals surface area contributed by atoms with Crippen molar-refractivity contribution in [2.75, 3.05) is 26.4 Å². The first-order valence-electron chi connectivity index (χ1n) is 22.9. The number of ether oxygens (including phenoxy) is 2. The molecule has 2 heterocycles. The Morgan fingerprint density at radius 3 is 1.12 bits per heavy atom. The van der Waals surface area contributed by atoms with Crippen LogP contribution < -0.4 is 0 Å². The van der Waals surface area contributed by atoms with Gasteiger partial charge in [-0.2, -0.15) is 0 Å². The lowest BCUT2D eigenvalue weighted by Crippen LogP contribution is -2.01. The first kappa shape index (κ1) is 46.2. The summed E-state index contributed by atoms with van der Waals surface area (Å²) in [6, 6.07) is 23.1. The van der Waals surface area contributed by atoms with E-state index in [1.54, 1.807) is 0 Å². The van der Waals surface area contributed by atoms with E-state index in [0.29, 0.717) is 0 Å². The van der Waals surface area contributed by atoms with E-state index in [4.69, 9.17) is 9.47 Å². The number of unbranched alkanes of at least 4 members (excludes halogenated alkanes) is 14. The van der Waals surface area contributed by atoms with Crippen LogP contribution in [-0.2, 0) is 35.2 Å². The average Bonchev–Trinajstić information content (AvgIpc) is 3.84. The van der Waals surface area contributed by atoms with Crippen LogP contribution in [0.15, 0.2) is 60.7 Å². The molecule has 0 aliphatic carbocycles. The standard InChI is InChI=1S/C52H76O2S2/c1-5-9-13-15-17-19-21-37-53-39-35-49-47(23-11-7-3)41-51(55-49)45-31-27-43(28-32-45)25-26-44-29-33-46(34-30-44)52-42-48(24-12-8-4)50(56-52)36-40-54-38-22-20-18-16-14-10-6-2/h25-34,41-42H,5-24,35-40H2,1-4H3. The summed E-state index contributed by atoms with van der Waals surface area (Å²) >= 11 is 3.94. The number of thiophene rings is 2. The van der Waals surface area contributed by atoms with Gasteiger partial charge in [0.2, 0.25) is 0 Å². The molecule has 308 valence electrons. The van der Waals surface area contributed by atoms with E-state index in [-0.39, 0.29) is 0 Å². The third-order valence-corrected chi connectivity index (χ3v) is 13.6. The Balaban J connectivity index is 1.26. The molecular formula is C52H76O2S2. The maximum atomic E-state index is 6.10. The van der Waals surface area contributed by atoms with Gasteiger partial charge in [0, 0.05) is 45.6 Å². The van der Waals surface area contributed by atoms with Gasteiger partial charge in [0.15, 0.2) is 0 Å². The molecule has 56 heavy (non-hydrogen) atoms. The summed E-state index contributed by atoms with van der Waals surface area (Å²) in [7, 11) is 0. The van der Waals surface area contributed by atoms with Crippen LogP contribution in [0.3, 0.4) is 0 Å². The SMILES string of the molecule is CCCCCCCCCOCCc1sc(-c2ccc(C=Cc3ccc(-c4cc(CCCC)c(CCOCCCCCCCCC)s4)cc3)cc2)cc1CCCC. The monoisotopic (exact) mass is 797 g/mol. The molecule has 2 nitrogen and oxygen atoms in total. The topological polar surface area (TPSA) is 18.5 Å².